The van der Waals surface area contributed by atoms with E-state index in [0.717, 1.165) is 44.2 Å². The molecular formula is C12H28N2O2P2S2. The van der Waals surface area contributed by atoms with Crippen LogP contribution >= 0.6 is 39.6 Å². The molecule has 0 amide bonds. The predicted octanol–water partition coefficient (Wildman–Crippen LogP) is 2.22. The van der Waals surface area contributed by atoms with Gasteiger partial charge in [0, 0.05) is 37.7 Å². The van der Waals surface area contributed by atoms with Gasteiger partial charge in [0.25, 0.3) is 0 Å². The molecule has 2 atom stereocenters. The Morgan fingerprint density at radius 2 is 1.55 bits per heavy atom. The van der Waals surface area contributed by atoms with Crippen molar-refractivity contribution in [1.82, 2.24) is 9.80 Å². The van der Waals surface area contributed by atoms with Gasteiger partial charge in [0.2, 0.25) is 0 Å². The van der Waals surface area contributed by atoms with E-state index in [-0.39, 0.29) is 5.97 Å². The molecule has 0 aliphatic rings. The van der Waals surface area contributed by atoms with Crippen LogP contribution in [0.1, 0.15) is 13.8 Å². The molecule has 0 saturated heterocycles. The third-order valence-corrected chi connectivity index (χ3v) is 5.14. The molecule has 0 saturated carbocycles. The predicted molar refractivity (Wildman–Crippen MR) is 99.5 cm³/mol. The molecular weight excluding hydrogens is 330 g/mol. The summed E-state index contributed by atoms with van der Waals surface area (Å²) in [4.78, 5) is 16.2. The number of nitrogens with zero attached hydrogens (tertiary/aromatic N) is 2. The Bertz CT molecular complexity index is 251. The lowest BCUT2D eigenvalue weighted by Crippen LogP contribution is -2.40. The molecule has 0 aromatic carbocycles. The lowest BCUT2D eigenvalue weighted by Gasteiger charge is -2.26. The van der Waals surface area contributed by atoms with Crippen LogP contribution < -0.4 is 0 Å². The zero-order chi connectivity index (χ0) is 15.2. The second kappa shape index (κ2) is 14.9. The highest BCUT2D eigenvalue weighted by Gasteiger charge is 2.12. The van der Waals surface area contributed by atoms with Gasteiger partial charge in [-0.1, -0.05) is 23.8 Å². The summed E-state index contributed by atoms with van der Waals surface area (Å²) >= 11 is 3.52. The number of carbonyl (C=O) groups excluding carboxylic acids is 1. The van der Waals surface area contributed by atoms with E-state index < -0.39 is 0 Å². The van der Waals surface area contributed by atoms with Gasteiger partial charge in [0.1, 0.15) is 0 Å². The second-order valence-corrected chi connectivity index (χ2v) is 7.74. The quantitative estimate of drug-likeness (QED) is 0.371. The van der Waals surface area contributed by atoms with Gasteiger partial charge in [-0.3, -0.25) is 9.69 Å². The van der Waals surface area contributed by atoms with Crippen LogP contribution in [-0.2, 0) is 9.53 Å². The monoisotopic (exact) mass is 358 g/mol. The maximum Gasteiger partial charge on any atom is 0.320 e. The van der Waals surface area contributed by atoms with Crippen LogP contribution in [-0.4, -0.2) is 73.2 Å². The first-order valence-corrected chi connectivity index (χ1v) is 11.8. The zero-order valence-electron chi connectivity index (χ0n) is 12.5. The average Bonchev–Trinajstić information content (AvgIpc) is 2.44. The van der Waals surface area contributed by atoms with Crippen molar-refractivity contribution in [3.63, 3.8) is 0 Å². The van der Waals surface area contributed by atoms with E-state index in [2.05, 4.69) is 33.6 Å². The van der Waals surface area contributed by atoms with E-state index in [9.17, 15) is 4.79 Å². The molecule has 2 unspecified atom stereocenters. The summed E-state index contributed by atoms with van der Waals surface area (Å²) in [5.41, 5.74) is 0. The highest BCUT2D eigenvalue weighted by Crippen LogP contribution is 2.11. The van der Waals surface area contributed by atoms with Crippen LogP contribution in [0.25, 0.3) is 0 Å². The summed E-state index contributed by atoms with van der Waals surface area (Å²) in [7, 11) is 5.35. The number of carbonyl (C=O) groups is 1. The Hall–Kier alpha value is 0.950. The van der Waals surface area contributed by atoms with Crippen molar-refractivity contribution in [1.29, 1.82) is 0 Å². The Morgan fingerprint density at radius 3 is 2.05 bits per heavy atom. The average molecular weight is 358 g/mol. The smallest absolute Gasteiger partial charge is 0.320 e. The van der Waals surface area contributed by atoms with E-state index in [0.29, 0.717) is 13.2 Å². The largest absolute Gasteiger partial charge is 0.465 e. The molecule has 0 spiro atoms. The lowest BCUT2D eigenvalue weighted by atomic mass is 10.4. The van der Waals surface area contributed by atoms with Crippen molar-refractivity contribution in [2.24, 2.45) is 0 Å². The summed E-state index contributed by atoms with van der Waals surface area (Å²) in [6.07, 6.45) is 0. The first-order valence-electron chi connectivity index (χ1n) is 6.91. The van der Waals surface area contributed by atoms with Crippen LogP contribution in [0.15, 0.2) is 0 Å². The Kier molecular flexibility index (Phi) is 15.6. The highest BCUT2D eigenvalue weighted by atomic mass is 32.7. The van der Waals surface area contributed by atoms with Crippen molar-refractivity contribution in [2.75, 3.05) is 57.4 Å². The van der Waals surface area contributed by atoms with Crippen molar-refractivity contribution in [2.45, 2.75) is 13.8 Å². The Balaban J connectivity index is 4.14. The molecule has 0 aliphatic carbocycles. The molecule has 0 heterocycles. The number of likely N-dealkylation sites (N-methyl/N-ethyl adjacent to an activating group) is 1. The van der Waals surface area contributed by atoms with Gasteiger partial charge in [-0.15, -0.1) is 22.8 Å². The number of hydrogen-bond acceptors (Lipinski definition) is 6. The highest BCUT2D eigenvalue weighted by molar-refractivity contribution is 8.44. The zero-order valence-corrected chi connectivity index (χ0v) is 16.5. The second-order valence-electron chi connectivity index (χ2n) is 4.26. The summed E-state index contributed by atoms with van der Waals surface area (Å²) < 4.78 is 5.04. The molecule has 4 nitrogen and oxygen atoms in total. The summed E-state index contributed by atoms with van der Waals surface area (Å²) in [6, 6.07) is 0. The number of hydrogen-bond donors (Lipinski definition) is 0. The molecule has 20 heavy (non-hydrogen) atoms. The van der Waals surface area contributed by atoms with E-state index in [1.807, 2.05) is 6.92 Å². The van der Waals surface area contributed by atoms with Gasteiger partial charge in [0.15, 0.2) is 0 Å². The minimum Gasteiger partial charge on any atom is -0.465 e. The normalized spacial score (nSPS) is 11.3. The molecule has 0 fully saturated rings. The topological polar surface area (TPSA) is 32.8 Å². The summed E-state index contributed by atoms with van der Waals surface area (Å²) in [5.74, 6) is 2.01. The molecule has 0 aromatic rings. The van der Waals surface area contributed by atoms with E-state index in [1.54, 1.807) is 22.8 Å². The van der Waals surface area contributed by atoms with Crippen molar-refractivity contribution in [3.8, 4) is 0 Å². The minimum absolute atomic E-state index is 0.121. The van der Waals surface area contributed by atoms with Crippen LogP contribution in [0.5, 0.6) is 0 Å². The van der Waals surface area contributed by atoms with Gasteiger partial charge in [-0.2, -0.15) is 0 Å². The van der Waals surface area contributed by atoms with Crippen LogP contribution in [0.2, 0.25) is 0 Å². The van der Waals surface area contributed by atoms with Crippen LogP contribution in [0.3, 0.4) is 0 Å². The molecule has 0 radical (unpaired) electrons. The van der Waals surface area contributed by atoms with Crippen molar-refractivity contribution >= 4 is 45.6 Å². The van der Waals surface area contributed by atoms with Crippen molar-refractivity contribution in [3.05, 3.63) is 0 Å². The number of ether oxygens (including phenoxy) is 1. The fourth-order valence-electron chi connectivity index (χ4n) is 1.73. The Labute approximate surface area is 136 Å². The van der Waals surface area contributed by atoms with E-state index in [1.165, 1.54) is 0 Å². The Morgan fingerprint density at radius 1 is 1.00 bits per heavy atom. The third kappa shape index (κ3) is 11.6. The van der Waals surface area contributed by atoms with E-state index in [4.69, 9.17) is 4.74 Å². The molecule has 0 bridgehead atoms. The maximum atomic E-state index is 11.6. The third-order valence-electron chi connectivity index (χ3n) is 2.89. The maximum absolute atomic E-state index is 11.6. The fourth-order valence-corrected chi connectivity index (χ4v) is 3.09. The first-order chi connectivity index (χ1) is 9.67. The van der Waals surface area contributed by atoms with E-state index >= 15 is 0 Å². The molecule has 0 aliphatic heterocycles. The summed E-state index contributed by atoms with van der Waals surface area (Å²) in [5, 5.41) is 0. The lowest BCUT2D eigenvalue weighted by molar-refractivity contribution is -0.144. The van der Waals surface area contributed by atoms with Crippen molar-refractivity contribution < 1.29 is 9.53 Å². The number of esters is 1. The summed E-state index contributed by atoms with van der Waals surface area (Å²) in [6.45, 7) is 9.87. The van der Waals surface area contributed by atoms with Crippen LogP contribution in [0.4, 0.5) is 0 Å². The molecule has 120 valence electrons. The minimum atomic E-state index is -0.121. The SMILES string of the molecule is CCOC(=O)CN(CCSP)CCN(CC)CCSP. The van der Waals surface area contributed by atoms with Gasteiger partial charge in [0.05, 0.1) is 13.2 Å². The van der Waals surface area contributed by atoms with Gasteiger partial charge >= 0.3 is 5.97 Å². The molecule has 0 rings (SSSR count). The first kappa shape index (κ1) is 20.9. The number of rotatable bonds is 13. The van der Waals surface area contributed by atoms with Gasteiger partial charge < -0.3 is 9.64 Å². The molecule has 0 N–H and O–H groups in total. The molecule has 0 aromatic heterocycles. The standard InChI is InChI=1S/C12H28N2O2P2S2/c1-3-13(7-9-19-17)5-6-14(8-10-20-18)11-12(15)16-4-2/h3-11,17-18H2,1-2H3. The van der Waals surface area contributed by atoms with Gasteiger partial charge in [-0.05, 0) is 13.5 Å². The molecule has 8 heteroatoms. The fraction of sp³-hybridized carbons (Fsp3) is 0.917. The van der Waals surface area contributed by atoms with Gasteiger partial charge in [-0.25, -0.2) is 0 Å². The van der Waals surface area contributed by atoms with Crippen LogP contribution in [0, 0.1) is 0 Å².